The largest absolute Gasteiger partial charge is 0.494 e. The Morgan fingerprint density at radius 3 is 2.67 bits per heavy atom. The normalized spacial score (nSPS) is 20.6. The monoisotopic (exact) mass is 291 g/mol. The Hall–Kier alpha value is -1.06. The molecule has 1 N–H and O–H groups in total. The predicted octanol–water partition coefficient (Wildman–Crippen LogP) is 3.63. The molecule has 1 aromatic rings. The van der Waals surface area contributed by atoms with E-state index in [0.29, 0.717) is 0 Å². The number of ether oxygens (including phenoxy) is 1. The molecule has 1 aliphatic heterocycles. The first-order chi connectivity index (χ1) is 10.2. The maximum atomic E-state index is 10.4. The maximum absolute atomic E-state index is 10.4. The first kappa shape index (κ1) is 16.3. The van der Waals surface area contributed by atoms with Crippen LogP contribution in [-0.4, -0.2) is 36.2 Å². The van der Waals surface area contributed by atoms with Crippen LogP contribution in [0.1, 0.15) is 51.2 Å². The molecule has 3 nitrogen and oxygen atoms in total. The topological polar surface area (TPSA) is 32.7 Å². The zero-order chi connectivity index (χ0) is 15.1. The van der Waals surface area contributed by atoms with E-state index in [1.54, 1.807) is 0 Å². The summed E-state index contributed by atoms with van der Waals surface area (Å²) in [5.41, 5.74) is 0.984. The third-order valence-electron chi connectivity index (χ3n) is 4.24. The van der Waals surface area contributed by atoms with Crippen LogP contribution in [0.3, 0.4) is 0 Å². The van der Waals surface area contributed by atoms with Gasteiger partial charge in [0.1, 0.15) is 5.75 Å². The lowest BCUT2D eigenvalue weighted by atomic mass is 10.0. The smallest absolute Gasteiger partial charge is 0.119 e. The zero-order valence-corrected chi connectivity index (χ0v) is 13.4. The maximum Gasteiger partial charge on any atom is 0.119 e. The molecule has 0 bridgehead atoms. The molecule has 2 unspecified atom stereocenters. The average molecular weight is 291 g/mol. The van der Waals surface area contributed by atoms with Crippen molar-refractivity contribution in [3.63, 3.8) is 0 Å². The highest BCUT2D eigenvalue weighted by Gasteiger charge is 2.23. The van der Waals surface area contributed by atoms with Gasteiger partial charge in [0.2, 0.25) is 0 Å². The minimum absolute atomic E-state index is 0.398. The quantitative estimate of drug-likeness (QED) is 0.794. The van der Waals surface area contributed by atoms with Crippen LogP contribution in [-0.2, 0) is 0 Å². The molecule has 0 aliphatic carbocycles. The fourth-order valence-electron chi connectivity index (χ4n) is 3.08. The van der Waals surface area contributed by atoms with Gasteiger partial charge in [0.05, 0.1) is 12.7 Å². The number of rotatable bonds is 8. The van der Waals surface area contributed by atoms with Crippen LogP contribution in [0.25, 0.3) is 0 Å². The Kier molecular flexibility index (Phi) is 6.52. The van der Waals surface area contributed by atoms with Crippen LogP contribution < -0.4 is 4.74 Å². The van der Waals surface area contributed by atoms with E-state index in [2.05, 4.69) is 18.7 Å². The van der Waals surface area contributed by atoms with Gasteiger partial charge in [-0.3, -0.25) is 0 Å². The summed E-state index contributed by atoms with van der Waals surface area (Å²) in [7, 11) is 0. The van der Waals surface area contributed by atoms with Crippen molar-refractivity contribution >= 4 is 0 Å². The summed E-state index contributed by atoms with van der Waals surface area (Å²) in [6.45, 7) is 8.10. The summed E-state index contributed by atoms with van der Waals surface area (Å²) in [6.07, 6.45) is 4.48. The van der Waals surface area contributed by atoms with E-state index < -0.39 is 6.10 Å². The molecule has 3 heteroatoms. The number of aliphatic hydroxyl groups is 1. The van der Waals surface area contributed by atoms with Gasteiger partial charge in [0.25, 0.3) is 0 Å². The second-order valence-electron chi connectivity index (χ2n) is 6.14. The Balaban J connectivity index is 1.81. The molecular weight excluding hydrogens is 262 g/mol. The molecule has 0 radical (unpaired) electrons. The molecule has 0 saturated carbocycles. The molecule has 1 aliphatic rings. The van der Waals surface area contributed by atoms with Crippen molar-refractivity contribution in [1.29, 1.82) is 0 Å². The van der Waals surface area contributed by atoms with Crippen molar-refractivity contribution in [2.75, 3.05) is 26.2 Å². The van der Waals surface area contributed by atoms with Gasteiger partial charge < -0.3 is 14.7 Å². The van der Waals surface area contributed by atoms with Gasteiger partial charge in [0, 0.05) is 13.1 Å². The highest BCUT2D eigenvalue weighted by Crippen LogP contribution is 2.24. The molecule has 1 saturated heterocycles. The first-order valence-corrected chi connectivity index (χ1v) is 8.36. The number of β-amino-alcohol motifs (C(OH)–C–C–N with tert-alkyl or cyclic N) is 1. The van der Waals surface area contributed by atoms with Gasteiger partial charge in [-0.15, -0.1) is 0 Å². The molecule has 1 fully saturated rings. The van der Waals surface area contributed by atoms with Crippen LogP contribution in [0, 0.1) is 5.92 Å². The summed E-state index contributed by atoms with van der Waals surface area (Å²) < 4.78 is 5.57. The minimum atomic E-state index is -0.398. The Morgan fingerprint density at radius 2 is 2.00 bits per heavy atom. The molecule has 1 aromatic carbocycles. The number of aliphatic hydroxyl groups excluding tert-OH is 1. The number of hydrogen-bond acceptors (Lipinski definition) is 3. The SMILES string of the molecule is CCCOc1ccc(C(O)CN2CCC(CCC)C2)cc1. The van der Waals surface area contributed by atoms with E-state index in [-0.39, 0.29) is 0 Å². The predicted molar refractivity (Wildman–Crippen MR) is 86.6 cm³/mol. The molecule has 118 valence electrons. The first-order valence-electron chi connectivity index (χ1n) is 8.36. The van der Waals surface area contributed by atoms with Crippen molar-refractivity contribution in [2.24, 2.45) is 5.92 Å². The third kappa shape index (κ3) is 5.01. The van der Waals surface area contributed by atoms with E-state index in [4.69, 9.17) is 4.74 Å². The molecular formula is C18H29NO2. The van der Waals surface area contributed by atoms with Gasteiger partial charge in [-0.2, -0.15) is 0 Å². The highest BCUT2D eigenvalue weighted by atomic mass is 16.5. The minimum Gasteiger partial charge on any atom is -0.494 e. The van der Waals surface area contributed by atoms with Crippen molar-refractivity contribution in [3.05, 3.63) is 29.8 Å². The number of likely N-dealkylation sites (tertiary alicyclic amines) is 1. The second-order valence-corrected chi connectivity index (χ2v) is 6.14. The van der Waals surface area contributed by atoms with Crippen LogP contribution in [0.15, 0.2) is 24.3 Å². The van der Waals surface area contributed by atoms with E-state index in [9.17, 15) is 5.11 Å². The number of hydrogen-bond donors (Lipinski definition) is 1. The van der Waals surface area contributed by atoms with Crippen LogP contribution in [0.4, 0.5) is 0 Å². The van der Waals surface area contributed by atoms with E-state index in [0.717, 1.165) is 49.9 Å². The lowest BCUT2D eigenvalue weighted by molar-refractivity contribution is 0.124. The van der Waals surface area contributed by atoms with Crippen molar-refractivity contribution in [3.8, 4) is 5.75 Å². The Morgan fingerprint density at radius 1 is 1.24 bits per heavy atom. The number of benzene rings is 1. The van der Waals surface area contributed by atoms with Gasteiger partial charge in [-0.05, 0) is 49.4 Å². The number of nitrogens with zero attached hydrogens (tertiary/aromatic N) is 1. The van der Waals surface area contributed by atoms with E-state index >= 15 is 0 Å². The molecule has 0 aromatic heterocycles. The standard InChI is InChI=1S/C18H29NO2/c1-3-5-15-10-11-19(13-15)14-18(20)16-6-8-17(9-7-16)21-12-4-2/h6-9,15,18,20H,3-5,10-14H2,1-2H3. The van der Waals surface area contributed by atoms with E-state index in [1.807, 2.05) is 24.3 Å². The van der Waals surface area contributed by atoms with Gasteiger partial charge in [-0.1, -0.05) is 32.4 Å². The van der Waals surface area contributed by atoms with Gasteiger partial charge >= 0.3 is 0 Å². The van der Waals surface area contributed by atoms with Crippen molar-refractivity contribution in [1.82, 2.24) is 4.90 Å². The zero-order valence-electron chi connectivity index (χ0n) is 13.4. The summed E-state index contributed by atoms with van der Waals surface area (Å²) in [5, 5.41) is 10.4. The molecule has 2 atom stereocenters. The lowest BCUT2D eigenvalue weighted by Gasteiger charge is -2.20. The summed E-state index contributed by atoms with van der Waals surface area (Å²) in [5.74, 6) is 1.71. The summed E-state index contributed by atoms with van der Waals surface area (Å²) in [6, 6.07) is 7.88. The van der Waals surface area contributed by atoms with Gasteiger partial charge in [-0.25, -0.2) is 0 Å². The highest BCUT2D eigenvalue weighted by molar-refractivity contribution is 5.28. The lowest BCUT2D eigenvalue weighted by Crippen LogP contribution is -2.26. The van der Waals surface area contributed by atoms with E-state index in [1.165, 1.54) is 19.3 Å². The van der Waals surface area contributed by atoms with Crippen LogP contribution in [0.5, 0.6) is 5.75 Å². The average Bonchev–Trinajstić information content (AvgIpc) is 2.93. The van der Waals surface area contributed by atoms with Gasteiger partial charge in [0.15, 0.2) is 0 Å². The third-order valence-corrected chi connectivity index (χ3v) is 4.24. The van der Waals surface area contributed by atoms with Crippen LogP contribution in [0.2, 0.25) is 0 Å². The fourth-order valence-corrected chi connectivity index (χ4v) is 3.08. The summed E-state index contributed by atoms with van der Waals surface area (Å²) >= 11 is 0. The van der Waals surface area contributed by atoms with Crippen LogP contribution >= 0.6 is 0 Å². The van der Waals surface area contributed by atoms with Crippen molar-refractivity contribution in [2.45, 2.75) is 45.6 Å². The fraction of sp³-hybridized carbons (Fsp3) is 0.667. The molecule has 21 heavy (non-hydrogen) atoms. The molecule has 0 amide bonds. The molecule has 1 heterocycles. The Bertz CT molecular complexity index is 404. The molecule has 2 rings (SSSR count). The summed E-state index contributed by atoms with van der Waals surface area (Å²) in [4.78, 5) is 2.40. The molecule has 0 spiro atoms. The second kappa shape index (κ2) is 8.40. The van der Waals surface area contributed by atoms with Crippen molar-refractivity contribution < 1.29 is 9.84 Å². The Labute approximate surface area is 128 Å².